The molecule has 2 rings (SSSR count). The Balaban J connectivity index is 2.41. The van der Waals surface area contributed by atoms with Gasteiger partial charge in [-0.1, -0.05) is 34.1 Å². The summed E-state index contributed by atoms with van der Waals surface area (Å²) in [6.45, 7) is 4.60. The number of anilines is 1. The second kappa shape index (κ2) is 6.26. The van der Waals surface area contributed by atoms with Gasteiger partial charge in [0.2, 0.25) is 0 Å². The third-order valence-electron chi connectivity index (χ3n) is 3.32. The van der Waals surface area contributed by atoms with Gasteiger partial charge in [-0.15, -0.1) is 0 Å². The maximum absolute atomic E-state index is 7.80. The van der Waals surface area contributed by atoms with Crippen molar-refractivity contribution in [3.63, 3.8) is 0 Å². The zero-order valence-electron chi connectivity index (χ0n) is 12.4. The van der Waals surface area contributed by atoms with Crippen molar-refractivity contribution in [3.05, 3.63) is 57.2 Å². The summed E-state index contributed by atoms with van der Waals surface area (Å²) < 4.78 is 1.06. The summed E-state index contributed by atoms with van der Waals surface area (Å²) in [5.74, 6) is 0.796. The minimum atomic E-state index is 0.0500. The van der Waals surface area contributed by atoms with Gasteiger partial charge in [0, 0.05) is 23.8 Å². The summed E-state index contributed by atoms with van der Waals surface area (Å²) in [5, 5.41) is 7.80. The van der Waals surface area contributed by atoms with E-state index in [1.54, 1.807) is 0 Å². The fourth-order valence-corrected chi connectivity index (χ4v) is 2.79. The number of nitrogen functional groups attached to an aromatic ring is 1. The number of hydrogen-bond acceptors (Lipinski definition) is 3. The number of hydrogen-bond donors (Lipinski definition) is 2. The summed E-state index contributed by atoms with van der Waals surface area (Å²) in [5.41, 5.74) is 9.50. The van der Waals surface area contributed by atoms with Gasteiger partial charge in [-0.25, -0.2) is 4.98 Å². The first-order valence-corrected chi connectivity index (χ1v) is 7.46. The number of halogens is 1. The highest BCUT2D eigenvalue weighted by atomic mass is 79.9. The van der Waals surface area contributed by atoms with Gasteiger partial charge < -0.3 is 10.6 Å². The Labute approximate surface area is 133 Å². The van der Waals surface area contributed by atoms with Crippen molar-refractivity contribution in [2.24, 2.45) is 5.73 Å². The lowest BCUT2D eigenvalue weighted by Crippen LogP contribution is -2.24. The number of amidine groups is 1. The number of aromatic nitrogens is 1. The number of aryl methyl sites for hydroxylation is 2. The molecule has 0 radical (unpaired) electrons. The van der Waals surface area contributed by atoms with Crippen molar-refractivity contribution in [3.8, 4) is 0 Å². The first kappa shape index (κ1) is 15.5. The molecule has 0 amide bonds. The van der Waals surface area contributed by atoms with Crippen LogP contribution in [-0.4, -0.2) is 17.9 Å². The minimum Gasteiger partial charge on any atom is -0.384 e. The van der Waals surface area contributed by atoms with Crippen LogP contribution in [-0.2, 0) is 6.54 Å². The maximum Gasteiger partial charge on any atom is 0.140 e. The topological polar surface area (TPSA) is 66.0 Å². The van der Waals surface area contributed by atoms with Gasteiger partial charge in [0.1, 0.15) is 11.7 Å². The van der Waals surface area contributed by atoms with Gasteiger partial charge >= 0.3 is 0 Å². The molecule has 21 heavy (non-hydrogen) atoms. The van der Waals surface area contributed by atoms with E-state index in [2.05, 4.69) is 27.0 Å². The number of nitrogens with one attached hydrogen (secondary N) is 1. The van der Waals surface area contributed by atoms with E-state index in [4.69, 9.17) is 11.1 Å². The molecule has 0 saturated heterocycles. The average Bonchev–Trinajstić information content (AvgIpc) is 2.39. The lowest BCUT2D eigenvalue weighted by molar-refractivity contribution is 0.884. The molecule has 0 atom stereocenters. The normalized spacial score (nSPS) is 10.5. The van der Waals surface area contributed by atoms with Crippen LogP contribution < -0.4 is 10.6 Å². The molecule has 3 N–H and O–H groups in total. The highest BCUT2D eigenvalue weighted by molar-refractivity contribution is 9.10. The van der Waals surface area contributed by atoms with Crippen molar-refractivity contribution in [2.45, 2.75) is 20.4 Å². The second-order valence-corrected chi connectivity index (χ2v) is 5.99. The maximum atomic E-state index is 7.80. The smallest absolute Gasteiger partial charge is 0.140 e. The molecule has 1 heterocycles. The van der Waals surface area contributed by atoms with Crippen LogP contribution in [0, 0.1) is 19.3 Å². The summed E-state index contributed by atoms with van der Waals surface area (Å²) >= 11 is 3.56. The van der Waals surface area contributed by atoms with Crippen LogP contribution in [0.5, 0.6) is 0 Å². The third-order valence-corrected chi connectivity index (χ3v) is 4.10. The van der Waals surface area contributed by atoms with Crippen molar-refractivity contribution < 1.29 is 0 Å². The molecule has 5 heteroatoms. The van der Waals surface area contributed by atoms with Crippen molar-refractivity contribution in [2.75, 3.05) is 11.9 Å². The molecule has 1 aromatic carbocycles. The molecular weight excluding hydrogens is 328 g/mol. The number of nitrogens with two attached hydrogens (primary N) is 1. The third kappa shape index (κ3) is 3.42. The Kier molecular flexibility index (Phi) is 4.63. The summed E-state index contributed by atoms with van der Waals surface area (Å²) in [6, 6.07) is 10.0. The highest BCUT2D eigenvalue weighted by Crippen LogP contribution is 2.24. The lowest BCUT2D eigenvalue weighted by Gasteiger charge is -2.23. The van der Waals surface area contributed by atoms with Crippen molar-refractivity contribution >= 4 is 27.6 Å². The largest absolute Gasteiger partial charge is 0.384 e. The van der Waals surface area contributed by atoms with Crippen LogP contribution in [0.2, 0.25) is 0 Å². The van der Waals surface area contributed by atoms with E-state index in [1.807, 2.05) is 50.1 Å². The molecule has 2 aromatic rings. The van der Waals surface area contributed by atoms with E-state index in [0.717, 1.165) is 27.1 Å². The van der Waals surface area contributed by atoms with Crippen LogP contribution in [0.25, 0.3) is 0 Å². The second-order valence-electron chi connectivity index (χ2n) is 5.14. The molecule has 0 bridgehead atoms. The van der Waals surface area contributed by atoms with Crippen LogP contribution in [0.4, 0.5) is 5.82 Å². The van der Waals surface area contributed by atoms with Crippen LogP contribution in [0.1, 0.15) is 22.4 Å². The van der Waals surface area contributed by atoms with Gasteiger partial charge in [0.05, 0.1) is 5.56 Å². The van der Waals surface area contributed by atoms with E-state index in [9.17, 15) is 0 Å². The fraction of sp³-hybridized carbons (Fsp3) is 0.250. The van der Waals surface area contributed by atoms with Crippen LogP contribution >= 0.6 is 15.9 Å². The molecule has 4 nitrogen and oxygen atoms in total. The number of nitrogens with zero attached hydrogens (tertiary/aromatic N) is 2. The first-order chi connectivity index (χ1) is 9.90. The molecule has 0 spiro atoms. The van der Waals surface area contributed by atoms with E-state index < -0.39 is 0 Å². The van der Waals surface area contributed by atoms with Crippen LogP contribution in [0.3, 0.4) is 0 Å². The molecule has 0 fully saturated rings. The SMILES string of the molecule is Cc1cc(C)c(C(=N)N)c(N(C)Cc2ccccc2Br)n1. The Hall–Kier alpha value is -1.88. The number of benzene rings is 1. The molecule has 0 aliphatic carbocycles. The van der Waals surface area contributed by atoms with Crippen molar-refractivity contribution in [1.82, 2.24) is 4.98 Å². The lowest BCUT2D eigenvalue weighted by atomic mass is 10.1. The van der Waals surface area contributed by atoms with E-state index in [-0.39, 0.29) is 5.84 Å². The molecule has 0 aliphatic rings. The van der Waals surface area contributed by atoms with Gasteiger partial charge in [0.15, 0.2) is 0 Å². The van der Waals surface area contributed by atoms with Crippen LogP contribution in [0.15, 0.2) is 34.8 Å². The monoisotopic (exact) mass is 346 g/mol. The summed E-state index contributed by atoms with van der Waals surface area (Å²) in [6.07, 6.45) is 0. The van der Waals surface area contributed by atoms with Crippen molar-refractivity contribution in [1.29, 1.82) is 5.41 Å². The standard InChI is InChI=1S/C16H19BrN4/c1-10-8-11(2)20-16(14(10)15(18)19)21(3)9-12-6-4-5-7-13(12)17/h4-8H,9H2,1-3H3,(H3,18,19). The molecule has 0 aliphatic heterocycles. The summed E-state index contributed by atoms with van der Waals surface area (Å²) in [4.78, 5) is 6.60. The Morgan fingerprint density at radius 1 is 1.33 bits per heavy atom. The zero-order valence-corrected chi connectivity index (χ0v) is 14.0. The average molecular weight is 347 g/mol. The Morgan fingerprint density at radius 2 is 2.00 bits per heavy atom. The number of pyridine rings is 1. The zero-order chi connectivity index (χ0) is 15.6. The highest BCUT2D eigenvalue weighted by Gasteiger charge is 2.16. The van der Waals surface area contributed by atoms with E-state index >= 15 is 0 Å². The Bertz CT molecular complexity index is 682. The quantitative estimate of drug-likeness (QED) is 0.658. The predicted octanol–water partition coefficient (Wildman–Crippen LogP) is 3.38. The van der Waals surface area contributed by atoms with Gasteiger partial charge in [-0.3, -0.25) is 5.41 Å². The molecule has 110 valence electrons. The molecule has 0 unspecified atom stereocenters. The van der Waals surface area contributed by atoms with Gasteiger partial charge in [0.25, 0.3) is 0 Å². The van der Waals surface area contributed by atoms with E-state index in [1.165, 1.54) is 0 Å². The predicted molar refractivity (Wildman–Crippen MR) is 91.0 cm³/mol. The molecule has 0 saturated carbocycles. The first-order valence-electron chi connectivity index (χ1n) is 6.67. The summed E-state index contributed by atoms with van der Waals surface area (Å²) in [7, 11) is 1.97. The molecular formula is C16H19BrN4. The van der Waals surface area contributed by atoms with Gasteiger partial charge in [-0.05, 0) is 37.1 Å². The van der Waals surface area contributed by atoms with E-state index in [0.29, 0.717) is 12.1 Å². The minimum absolute atomic E-state index is 0.0500. The van der Waals surface area contributed by atoms with Gasteiger partial charge in [-0.2, -0.15) is 0 Å². The number of rotatable bonds is 4. The fourth-order valence-electron chi connectivity index (χ4n) is 2.38. The molecule has 1 aromatic heterocycles. The Morgan fingerprint density at radius 3 is 2.62 bits per heavy atom.